The Bertz CT molecular complexity index is 513. The van der Waals surface area contributed by atoms with E-state index in [1.165, 1.54) is 24.3 Å². The van der Waals surface area contributed by atoms with Gasteiger partial charge in [0.15, 0.2) is 5.96 Å². The van der Waals surface area contributed by atoms with Crippen LogP contribution in [0.3, 0.4) is 0 Å². The summed E-state index contributed by atoms with van der Waals surface area (Å²) in [5.74, 6) is 4.35. The molecular weight excluding hydrogens is 449 g/mol. The molecule has 0 saturated carbocycles. The summed E-state index contributed by atoms with van der Waals surface area (Å²) in [6.07, 6.45) is 7.06. The van der Waals surface area contributed by atoms with Crippen LogP contribution in [0.25, 0.3) is 0 Å². The standard InChI is InChI=1S/C18H29N3O2S.HI/c1-2-19-17(20-9-5-16-4-3-10-22-16)21-15-6-11-23-18(14-15)7-12-24-13-8-18;/h3-4,10,15H,2,5-9,11-14H2,1H3,(H2,19,20,21);1H. The van der Waals surface area contributed by atoms with Crippen molar-refractivity contribution in [3.05, 3.63) is 24.2 Å². The Morgan fingerprint density at radius 3 is 2.96 bits per heavy atom. The van der Waals surface area contributed by atoms with Gasteiger partial charge in [0.2, 0.25) is 0 Å². The Labute approximate surface area is 172 Å². The van der Waals surface area contributed by atoms with E-state index in [4.69, 9.17) is 14.1 Å². The van der Waals surface area contributed by atoms with Crippen molar-refractivity contribution in [1.82, 2.24) is 10.6 Å². The Kier molecular flexibility index (Phi) is 8.92. The van der Waals surface area contributed by atoms with Gasteiger partial charge in [-0.05, 0) is 56.2 Å². The molecule has 25 heavy (non-hydrogen) atoms. The number of nitrogens with one attached hydrogen (secondary N) is 2. The minimum Gasteiger partial charge on any atom is -0.469 e. The quantitative estimate of drug-likeness (QED) is 0.385. The van der Waals surface area contributed by atoms with E-state index in [-0.39, 0.29) is 29.6 Å². The van der Waals surface area contributed by atoms with Crippen molar-refractivity contribution >= 4 is 41.7 Å². The molecule has 0 radical (unpaired) electrons. The van der Waals surface area contributed by atoms with Gasteiger partial charge in [0.05, 0.1) is 11.9 Å². The van der Waals surface area contributed by atoms with E-state index in [9.17, 15) is 0 Å². The number of hydrogen-bond donors (Lipinski definition) is 2. The Morgan fingerprint density at radius 2 is 2.24 bits per heavy atom. The molecule has 2 aliphatic rings. The maximum absolute atomic E-state index is 6.18. The second-order valence-corrected chi connectivity index (χ2v) is 7.79. The second-order valence-electron chi connectivity index (χ2n) is 6.57. The lowest BCUT2D eigenvalue weighted by Crippen LogP contribution is -2.52. The fourth-order valence-corrected chi connectivity index (χ4v) is 4.73. The molecule has 1 unspecified atom stereocenters. The number of nitrogens with zero attached hydrogens (tertiary/aromatic N) is 1. The van der Waals surface area contributed by atoms with Gasteiger partial charge in [0, 0.05) is 32.2 Å². The molecular formula is C18H30IN3O2S. The third-order valence-corrected chi connectivity index (χ3v) is 5.78. The van der Waals surface area contributed by atoms with E-state index in [1.807, 2.05) is 12.1 Å². The van der Waals surface area contributed by atoms with Gasteiger partial charge < -0.3 is 19.8 Å². The molecule has 1 aromatic heterocycles. The van der Waals surface area contributed by atoms with Crippen LogP contribution in [0.1, 0.15) is 38.4 Å². The van der Waals surface area contributed by atoms with Crippen LogP contribution >= 0.6 is 35.7 Å². The molecule has 2 N–H and O–H groups in total. The Balaban J connectivity index is 0.00000225. The van der Waals surface area contributed by atoms with E-state index in [2.05, 4.69) is 29.3 Å². The number of hydrogen-bond acceptors (Lipinski definition) is 4. The maximum Gasteiger partial charge on any atom is 0.191 e. The Hall–Kier alpha value is -0.410. The molecule has 142 valence electrons. The van der Waals surface area contributed by atoms with Crippen molar-refractivity contribution in [1.29, 1.82) is 0 Å². The molecule has 1 aromatic rings. The van der Waals surface area contributed by atoms with Gasteiger partial charge in [-0.15, -0.1) is 24.0 Å². The Morgan fingerprint density at radius 1 is 1.40 bits per heavy atom. The molecule has 3 rings (SSSR count). The van der Waals surface area contributed by atoms with E-state index in [0.717, 1.165) is 50.7 Å². The molecule has 7 heteroatoms. The van der Waals surface area contributed by atoms with Gasteiger partial charge in [-0.2, -0.15) is 11.8 Å². The van der Waals surface area contributed by atoms with Crippen molar-refractivity contribution in [3.8, 4) is 0 Å². The molecule has 0 aliphatic carbocycles. The zero-order valence-corrected chi connectivity index (χ0v) is 18.1. The lowest BCUT2D eigenvalue weighted by Gasteiger charge is -2.43. The van der Waals surface area contributed by atoms with Crippen LogP contribution in [0.2, 0.25) is 0 Å². The molecule has 1 spiro atoms. The number of guanidine groups is 1. The molecule has 0 amide bonds. The fraction of sp³-hybridized carbons (Fsp3) is 0.722. The summed E-state index contributed by atoms with van der Waals surface area (Å²) in [5, 5.41) is 6.99. The van der Waals surface area contributed by atoms with E-state index in [0.29, 0.717) is 6.04 Å². The highest BCUT2D eigenvalue weighted by Crippen LogP contribution is 2.37. The number of furan rings is 1. The highest BCUT2D eigenvalue weighted by atomic mass is 127. The van der Waals surface area contributed by atoms with Crippen molar-refractivity contribution in [3.63, 3.8) is 0 Å². The van der Waals surface area contributed by atoms with Crippen LogP contribution in [0.15, 0.2) is 27.8 Å². The topological polar surface area (TPSA) is 58.8 Å². The van der Waals surface area contributed by atoms with Gasteiger partial charge in [0.25, 0.3) is 0 Å². The lowest BCUT2D eigenvalue weighted by atomic mass is 9.85. The maximum atomic E-state index is 6.18. The van der Waals surface area contributed by atoms with Crippen LogP contribution < -0.4 is 10.6 Å². The van der Waals surface area contributed by atoms with Gasteiger partial charge in [-0.1, -0.05) is 0 Å². The predicted molar refractivity (Wildman–Crippen MR) is 115 cm³/mol. The summed E-state index contributed by atoms with van der Waals surface area (Å²) < 4.78 is 11.6. The minimum atomic E-state index is 0. The van der Waals surface area contributed by atoms with Crippen LogP contribution in [-0.4, -0.2) is 48.8 Å². The van der Waals surface area contributed by atoms with E-state index in [1.54, 1.807) is 6.26 Å². The number of rotatable bonds is 5. The molecule has 1 atom stereocenters. The number of thioether (sulfide) groups is 1. The smallest absolute Gasteiger partial charge is 0.191 e. The largest absolute Gasteiger partial charge is 0.469 e. The van der Waals surface area contributed by atoms with Crippen molar-refractivity contribution in [2.45, 2.75) is 50.7 Å². The molecule has 2 saturated heterocycles. The van der Waals surface area contributed by atoms with E-state index < -0.39 is 0 Å². The van der Waals surface area contributed by atoms with E-state index >= 15 is 0 Å². The van der Waals surface area contributed by atoms with Gasteiger partial charge in [-0.3, -0.25) is 4.99 Å². The monoisotopic (exact) mass is 479 g/mol. The average molecular weight is 479 g/mol. The SMILES string of the molecule is CCNC(=NCCc1ccco1)NC1CCOC2(CCSCC2)C1.I. The normalized spacial score (nSPS) is 23.1. The van der Waals surface area contributed by atoms with Crippen LogP contribution in [0.5, 0.6) is 0 Å². The first-order valence-electron chi connectivity index (χ1n) is 9.09. The summed E-state index contributed by atoms with van der Waals surface area (Å²) >= 11 is 2.05. The lowest BCUT2D eigenvalue weighted by molar-refractivity contribution is -0.0911. The van der Waals surface area contributed by atoms with Gasteiger partial charge >= 0.3 is 0 Å². The first-order chi connectivity index (χ1) is 11.8. The average Bonchev–Trinajstić information content (AvgIpc) is 3.09. The van der Waals surface area contributed by atoms with Crippen LogP contribution in [0, 0.1) is 0 Å². The highest BCUT2D eigenvalue weighted by Gasteiger charge is 2.38. The van der Waals surface area contributed by atoms with Crippen LogP contribution in [0.4, 0.5) is 0 Å². The van der Waals surface area contributed by atoms with Crippen molar-refractivity contribution in [2.24, 2.45) is 4.99 Å². The summed E-state index contributed by atoms with van der Waals surface area (Å²) in [6.45, 7) is 4.56. The molecule has 0 bridgehead atoms. The third-order valence-electron chi connectivity index (χ3n) is 4.79. The van der Waals surface area contributed by atoms with Gasteiger partial charge in [-0.25, -0.2) is 0 Å². The first kappa shape index (κ1) is 20.9. The number of aliphatic imine (C=N–C) groups is 1. The summed E-state index contributed by atoms with van der Waals surface area (Å²) in [7, 11) is 0. The molecule has 0 aromatic carbocycles. The van der Waals surface area contributed by atoms with Crippen molar-refractivity contribution in [2.75, 3.05) is 31.2 Å². The number of halogens is 1. The predicted octanol–water partition coefficient (Wildman–Crippen LogP) is 3.44. The van der Waals surface area contributed by atoms with Crippen molar-refractivity contribution < 1.29 is 9.15 Å². The molecule has 5 nitrogen and oxygen atoms in total. The zero-order valence-electron chi connectivity index (χ0n) is 15.0. The zero-order chi connectivity index (χ0) is 16.7. The molecule has 2 fully saturated rings. The minimum absolute atomic E-state index is 0. The summed E-state index contributed by atoms with van der Waals surface area (Å²) in [5.41, 5.74) is 0.104. The summed E-state index contributed by atoms with van der Waals surface area (Å²) in [6, 6.07) is 4.37. The fourth-order valence-electron chi connectivity index (χ4n) is 3.49. The second kappa shape index (κ2) is 10.7. The molecule has 2 aliphatic heterocycles. The first-order valence-corrected chi connectivity index (χ1v) is 10.2. The number of ether oxygens (including phenoxy) is 1. The third kappa shape index (κ3) is 6.36. The van der Waals surface area contributed by atoms with Crippen LogP contribution in [-0.2, 0) is 11.2 Å². The summed E-state index contributed by atoms with van der Waals surface area (Å²) in [4.78, 5) is 4.71. The van der Waals surface area contributed by atoms with Gasteiger partial charge in [0.1, 0.15) is 5.76 Å². The highest BCUT2D eigenvalue weighted by molar-refractivity contribution is 14.0. The molecule has 3 heterocycles.